The fourth-order valence-corrected chi connectivity index (χ4v) is 4.69. The Kier molecular flexibility index (Phi) is 4.49. The Morgan fingerprint density at radius 1 is 1.38 bits per heavy atom. The van der Waals surface area contributed by atoms with Crippen molar-refractivity contribution in [1.29, 1.82) is 0 Å². The fraction of sp³-hybridized carbons (Fsp3) is 0.556. The van der Waals surface area contributed by atoms with Gasteiger partial charge in [-0.05, 0) is 43.2 Å². The number of nitrogens with zero attached hydrogens (tertiary/aromatic N) is 1. The van der Waals surface area contributed by atoms with E-state index in [1.807, 2.05) is 7.11 Å². The zero-order valence-corrected chi connectivity index (χ0v) is 13.9. The van der Waals surface area contributed by atoms with E-state index in [0.717, 1.165) is 32.1 Å². The van der Waals surface area contributed by atoms with Gasteiger partial charge < -0.3 is 20.3 Å². The van der Waals surface area contributed by atoms with E-state index in [4.69, 9.17) is 30.1 Å². The van der Waals surface area contributed by atoms with Crippen LogP contribution < -0.4 is 5.73 Å². The predicted octanol–water partition coefficient (Wildman–Crippen LogP) is 2.06. The molecule has 0 aromatic heterocycles. The molecule has 1 aromatic rings. The number of methoxy groups -OCH3 is 1. The summed E-state index contributed by atoms with van der Waals surface area (Å²) in [6.45, 7) is 0.341. The van der Waals surface area contributed by atoms with Crippen molar-refractivity contribution in [3.8, 4) is 0 Å². The van der Waals surface area contributed by atoms with Gasteiger partial charge in [0.1, 0.15) is 12.1 Å². The van der Waals surface area contributed by atoms with E-state index in [9.17, 15) is 0 Å². The summed E-state index contributed by atoms with van der Waals surface area (Å²) in [6, 6.07) is 9.01. The number of carboxylic acid groups (broad SMARTS) is 1. The van der Waals surface area contributed by atoms with E-state index in [2.05, 4.69) is 24.3 Å². The normalized spacial score (nSPS) is 33.4. The van der Waals surface area contributed by atoms with Gasteiger partial charge in [0.25, 0.3) is 12.5 Å². The van der Waals surface area contributed by atoms with Crippen LogP contribution in [0.15, 0.2) is 29.3 Å². The highest BCUT2D eigenvalue weighted by Crippen LogP contribution is 2.60. The largest absolute Gasteiger partial charge is 0.483 e. The van der Waals surface area contributed by atoms with Gasteiger partial charge in [0, 0.05) is 12.5 Å². The Labute approximate surface area is 141 Å². The van der Waals surface area contributed by atoms with Crippen LogP contribution in [0, 0.1) is 5.41 Å². The summed E-state index contributed by atoms with van der Waals surface area (Å²) in [6.07, 6.45) is 5.92. The van der Waals surface area contributed by atoms with E-state index in [-0.39, 0.29) is 17.4 Å². The molecule has 2 spiro atoms. The van der Waals surface area contributed by atoms with Crippen molar-refractivity contribution in [2.45, 2.75) is 43.7 Å². The van der Waals surface area contributed by atoms with E-state index in [1.165, 1.54) is 11.1 Å². The molecule has 4 rings (SSSR count). The molecule has 0 amide bonds. The average Bonchev–Trinajstić information content (AvgIpc) is 3.10. The third-order valence-corrected chi connectivity index (χ3v) is 5.82. The third kappa shape index (κ3) is 2.45. The molecule has 6 heteroatoms. The molecule has 3 aliphatic rings. The summed E-state index contributed by atoms with van der Waals surface area (Å²) in [4.78, 5) is 13.2. The number of hydrogen-bond acceptors (Lipinski definition) is 5. The second-order valence-electron chi connectivity index (χ2n) is 6.75. The van der Waals surface area contributed by atoms with Crippen LogP contribution in [0.25, 0.3) is 0 Å². The van der Waals surface area contributed by atoms with Crippen LogP contribution in [0.4, 0.5) is 0 Å². The van der Waals surface area contributed by atoms with Crippen LogP contribution in [0.3, 0.4) is 0 Å². The van der Waals surface area contributed by atoms with Crippen LogP contribution in [0.2, 0.25) is 0 Å². The first kappa shape index (κ1) is 16.8. The Hall–Kier alpha value is -2.08. The summed E-state index contributed by atoms with van der Waals surface area (Å²) in [7, 11) is 1.82. The van der Waals surface area contributed by atoms with Crippen molar-refractivity contribution in [3.05, 3.63) is 35.4 Å². The zero-order chi connectivity index (χ0) is 17.2. The van der Waals surface area contributed by atoms with Crippen molar-refractivity contribution in [2.24, 2.45) is 16.1 Å². The maximum absolute atomic E-state index is 8.36. The molecular weight excluding hydrogens is 308 g/mol. The first-order chi connectivity index (χ1) is 11.6. The number of amidine groups is 1. The van der Waals surface area contributed by atoms with Crippen LogP contribution in [0.1, 0.15) is 36.8 Å². The summed E-state index contributed by atoms with van der Waals surface area (Å²) < 4.78 is 11.2. The maximum Gasteiger partial charge on any atom is 0.290 e. The minimum Gasteiger partial charge on any atom is -0.483 e. The van der Waals surface area contributed by atoms with Crippen molar-refractivity contribution >= 4 is 12.5 Å². The summed E-state index contributed by atoms with van der Waals surface area (Å²) in [5.74, 6) is 0. The number of hydrogen-bond donors (Lipinski definition) is 2. The molecule has 1 aliphatic heterocycles. The maximum atomic E-state index is 8.36. The highest BCUT2D eigenvalue weighted by Gasteiger charge is 2.61. The van der Waals surface area contributed by atoms with Gasteiger partial charge in [-0.1, -0.05) is 24.3 Å². The molecule has 1 atom stereocenters. The lowest BCUT2D eigenvalue weighted by Crippen LogP contribution is -2.46. The lowest BCUT2D eigenvalue weighted by Gasteiger charge is -2.45. The van der Waals surface area contributed by atoms with E-state index < -0.39 is 0 Å². The number of benzene rings is 1. The molecule has 24 heavy (non-hydrogen) atoms. The van der Waals surface area contributed by atoms with Crippen molar-refractivity contribution in [3.63, 3.8) is 0 Å². The molecule has 130 valence electrons. The summed E-state index contributed by atoms with van der Waals surface area (Å²) >= 11 is 0. The predicted molar refractivity (Wildman–Crippen MR) is 89.8 cm³/mol. The Balaban J connectivity index is 0.000000526. The molecule has 0 saturated heterocycles. The van der Waals surface area contributed by atoms with Gasteiger partial charge in [0.2, 0.25) is 0 Å². The van der Waals surface area contributed by atoms with Crippen molar-refractivity contribution in [1.82, 2.24) is 0 Å². The molecule has 1 heterocycles. The minimum atomic E-state index is -0.271. The van der Waals surface area contributed by atoms with E-state index in [1.54, 1.807) is 0 Å². The Morgan fingerprint density at radius 2 is 2.04 bits per heavy atom. The second kappa shape index (κ2) is 6.43. The van der Waals surface area contributed by atoms with Crippen LogP contribution >= 0.6 is 0 Å². The number of nitrogens with two attached hydrogens (primary N) is 1. The lowest BCUT2D eigenvalue weighted by atomic mass is 9.62. The van der Waals surface area contributed by atoms with Crippen LogP contribution in [0.5, 0.6) is 0 Å². The van der Waals surface area contributed by atoms with Gasteiger partial charge in [0.15, 0.2) is 0 Å². The minimum absolute atomic E-state index is 0.146. The van der Waals surface area contributed by atoms with Crippen LogP contribution in [-0.4, -0.2) is 37.4 Å². The van der Waals surface area contributed by atoms with Gasteiger partial charge >= 0.3 is 0 Å². The van der Waals surface area contributed by atoms with Crippen molar-refractivity contribution < 1.29 is 19.4 Å². The zero-order valence-electron chi connectivity index (χ0n) is 13.9. The molecule has 6 nitrogen and oxygen atoms in total. The number of fused-ring (bicyclic) bond motifs is 3. The molecule has 0 bridgehead atoms. The lowest BCUT2D eigenvalue weighted by molar-refractivity contribution is -0.122. The molecule has 1 unspecified atom stereocenters. The second-order valence-corrected chi connectivity index (χ2v) is 6.75. The van der Waals surface area contributed by atoms with E-state index >= 15 is 0 Å². The highest BCUT2D eigenvalue weighted by atomic mass is 16.5. The quantitative estimate of drug-likeness (QED) is 0.768. The van der Waals surface area contributed by atoms with Gasteiger partial charge in [-0.3, -0.25) is 4.79 Å². The standard InChI is InChI=1S/C17H22N2O2.CH2O2/c1-20-13-6-8-16(9-7-13)10-12-4-2-3-5-14(12)17(16)11-21-15(18)19-17;2-1-3/h2-5,13H,6-11H2,1H3,(H2,18,19);1H,(H,2,3)/t13-,16-,17?;. The Morgan fingerprint density at radius 3 is 2.62 bits per heavy atom. The number of carbonyl (C=O) groups is 1. The fourth-order valence-electron chi connectivity index (χ4n) is 4.69. The van der Waals surface area contributed by atoms with Gasteiger partial charge in [-0.25, -0.2) is 4.99 Å². The third-order valence-electron chi connectivity index (χ3n) is 5.82. The SMILES string of the molecule is CO[C@H]1CC[C@]2(CC1)Cc1ccccc1C21COC(N)=N1.O=CO. The first-order valence-corrected chi connectivity index (χ1v) is 8.28. The average molecular weight is 332 g/mol. The number of ether oxygens (including phenoxy) is 2. The Bertz CT molecular complexity index is 638. The summed E-state index contributed by atoms with van der Waals surface area (Å²) in [5.41, 5.74) is 8.50. The number of aliphatic imine (C=N–C) groups is 1. The smallest absolute Gasteiger partial charge is 0.290 e. The molecule has 3 N–H and O–H groups in total. The molecule has 1 saturated carbocycles. The topological polar surface area (TPSA) is 94.1 Å². The first-order valence-electron chi connectivity index (χ1n) is 8.28. The van der Waals surface area contributed by atoms with Crippen LogP contribution in [-0.2, 0) is 26.2 Å². The molecule has 1 fully saturated rings. The molecule has 0 radical (unpaired) electrons. The van der Waals surface area contributed by atoms with Gasteiger partial charge in [-0.15, -0.1) is 0 Å². The number of rotatable bonds is 1. The van der Waals surface area contributed by atoms with Gasteiger partial charge in [0.05, 0.1) is 6.10 Å². The van der Waals surface area contributed by atoms with E-state index in [0.29, 0.717) is 18.7 Å². The van der Waals surface area contributed by atoms with Gasteiger partial charge in [-0.2, -0.15) is 0 Å². The molecule has 1 aromatic carbocycles. The molecular formula is C18H24N2O4. The highest BCUT2D eigenvalue weighted by molar-refractivity contribution is 5.75. The monoisotopic (exact) mass is 332 g/mol. The molecule has 2 aliphatic carbocycles. The van der Waals surface area contributed by atoms with Crippen molar-refractivity contribution in [2.75, 3.05) is 13.7 Å². The summed E-state index contributed by atoms with van der Waals surface area (Å²) in [5, 5.41) is 6.89.